The van der Waals surface area contributed by atoms with Crippen molar-refractivity contribution in [2.75, 3.05) is 9.80 Å². The zero-order chi connectivity index (χ0) is 74.7. The molecule has 4 nitrogen and oxygen atoms in total. The Morgan fingerprint density at radius 3 is 1.15 bits per heavy atom. The highest BCUT2D eigenvalue weighted by molar-refractivity contribution is 6.21. The van der Waals surface area contributed by atoms with Crippen LogP contribution in [0.15, 0.2) is 366 Å². The fraction of sp³-hybridized carbons (Fsp3) is 0.111. The second kappa shape index (κ2) is 23.6. The molecule has 4 heteroatoms. The smallest absolute Gasteiger partial charge is 0.160 e. The largest absolute Gasteiger partial charge is 0.454 e. The van der Waals surface area contributed by atoms with Gasteiger partial charge in [-0.2, -0.15) is 0 Å². The van der Waals surface area contributed by atoms with Crippen molar-refractivity contribution in [3.8, 4) is 44.5 Å². The Hall–Kier alpha value is -13.3. The molecule has 2 heterocycles. The molecule has 2 unspecified atom stereocenters. The average Bonchev–Trinajstić information content (AvgIpc) is 1.48. The van der Waals surface area contributed by atoms with Gasteiger partial charge in [0.1, 0.15) is 11.2 Å². The van der Waals surface area contributed by atoms with Crippen molar-refractivity contribution >= 4 is 105 Å². The minimum absolute atomic E-state index is 0.0175. The van der Waals surface area contributed by atoms with Crippen molar-refractivity contribution in [3.63, 3.8) is 0 Å². The van der Waals surface area contributed by atoms with Crippen LogP contribution in [0.2, 0.25) is 0 Å². The summed E-state index contributed by atoms with van der Waals surface area (Å²) in [6.45, 7) is 13.9. The van der Waals surface area contributed by atoms with Gasteiger partial charge in [-0.1, -0.05) is 321 Å². The van der Waals surface area contributed by atoms with E-state index in [1.54, 1.807) is 0 Å². The lowest BCUT2D eigenvalue weighted by molar-refractivity contribution is 0.464. The molecule has 2 spiro atoms. The van der Waals surface area contributed by atoms with Crippen LogP contribution in [0.3, 0.4) is 0 Å². The van der Waals surface area contributed by atoms with E-state index in [4.69, 9.17) is 8.83 Å². The van der Waals surface area contributed by atoms with E-state index in [-0.39, 0.29) is 22.7 Å². The summed E-state index contributed by atoms with van der Waals surface area (Å²) in [7, 11) is 0. The molecule has 16 aromatic carbocycles. The Labute approximate surface area is 652 Å². The number of anilines is 6. The Morgan fingerprint density at radius 2 is 0.679 bits per heavy atom. The minimum atomic E-state index is -0.802. The highest BCUT2D eigenvalue weighted by Gasteiger charge is 2.63. The van der Waals surface area contributed by atoms with Crippen LogP contribution in [-0.4, -0.2) is 0 Å². The molecule has 0 aliphatic heterocycles. The van der Waals surface area contributed by atoms with Crippen molar-refractivity contribution in [2.45, 2.75) is 69.1 Å². The summed E-state index contributed by atoms with van der Waals surface area (Å²) >= 11 is 0. The molecule has 0 radical (unpaired) electrons. The number of rotatable bonds is 8. The summed E-state index contributed by atoms with van der Waals surface area (Å²) in [5.74, 6) is -0.316. The molecule has 2 atom stereocenters. The summed E-state index contributed by atoms with van der Waals surface area (Å²) in [6, 6.07) is 128. The van der Waals surface area contributed by atoms with Crippen LogP contribution in [0, 0.1) is 5.92 Å². The molecular weight excluding hydrogens is 1360 g/mol. The Bertz CT molecular complexity index is 7000. The highest BCUT2D eigenvalue weighted by atomic mass is 16.3. The molecule has 5 aliphatic rings. The van der Waals surface area contributed by atoms with Gasteiger partial charge in [0.05, 0.1) is 22.2 Å². The monoisotopic (exact) mass is 1430 g/mol. The fourth-order valence-electron chi connectivity index (χ4n) is 21.4. The van der Waals surface area contributed by atoms with Crippen LogP contribution in [0.5, 0.6) is 0 Å². The third-order valence-electron chi connectivity index (χ3n) is 25.8. The molecule has 0 bridgehead atoms. The highest BCUT2D eigenvalue weighted by Crippen LogP contribution is 2.74. The van der Waals surface area contributed by atoms with Crippen LogP contribution >= 0.6 is 0 Å². The lowest BCUT2D eigenvalue weighted by Crippen LogP contribution is -2.34. The first-order valence-electron chi connectivity index (χ1n) is 39.6. The molecule has 0 saturated carbocycles. The first kappa shape index (κ1) is 64.7. The van der Waals surface area contributed by atoms with E-state index < -0.39 is 10.8 Å². The molecule has 0 fully saturated rings. The quantitative estimate of drug-likeness (QED) is 0.152. The van der Waals surface area contributed by atoms with E-state index in [1.807, 2.05) is 0 Å². The predicted octanol–water partition coefficient (Wildman–Crippen LogP) is 29.0. The Kier molecular flexibility index (Phi) is 13.6. The van der Waals surface area contributed by atoms with Gasteiger partial charge in [0.2, 0.25) is 0 Å². The van der Waals surface area contributed by atoms with Gasteiger partial charge in [0, 0.05) is 56.1 Å². The Balaban J connectivity index is 0.801. The summed E-state index contributed by atoms with van der Waals surface area (Å²) in [5.41, 5.74) is 33.3. The third kappa shape index (κ3) is 8.83. The van der Waals surface area contributed by atoms with Crippen LogP contribution in [0.25, 0.3) is 116 Å². The van der Waals surface area contributed by atoms with Gasteiger partial charge < -0.3 is 18.6 Å². The van der Waals surface area contributed by atoms with Gasteiger partial charge in [-0.25, -0.2) is 0 Å². The standard InChI is InChI=1S/C108H78N2O2/c1-105(2,3)85-59-57-71(73-33-13-15-35-75(73)85)65-49-53-69(54-50-65)109(67-29-9-7-10-30-67)95-63-93-99(101-81-41-21-27-47-97(81)111-103(95)101)83-61-92-84(62-91(83)107(93)87-43-23-17-37-77(87)78-38-18-24-44-88(78)107)100-94(108(92)89-45-25-19-39-79(89)80-40-20-26-46-90(80)108)64-96(104-102(100)82-42-22-28-48-98(82)112-104)110(68-31-11-8-12-32-68)70-55-51-66(52-56-70)72-58-60-86(106(4,5)6)76-36-16-14-34-74(72)76/h7-64,83,91H,1-6H3. The summed E-state index contributed by atoms with van der Waals surface area (Å²) in [4.78, 5) is 4.94. The van der Waals surface area contributed by atoms with E-state index in [2.05, 4.69) is 403 Å². The number of furan rings is 2. The van der Waals surface area contributed by atoms with Gasteiger partial charge in [0.15, 0.2) is 11.2 Å². The van der Waals surface area contributed by atoms with E-state index in [0.717, 1.165) is 83.6 Å². The average molecular weight is 1440 g/mol. The number of para-hydroxylation sites is 4. The van der Waals surface area contributed by atoms with Gasteiger partial charge in [0.25, 0.3) is 0 Å². The van der Waals surface area contributed by atoms with Crippen LogP contribution < -0.4 is 9.80 Å². The normalized spacial score (nSPS) is 15.8. The summed E-state index contributed by atoms with van der Waals surface area (Å²) in [5, 5.41) is 9.54. The fourth-order valence-corrected chi connectivity index (χ4v) is 21.4. The second-order valence-electron chi connectivity index (χ2n) is 33.6. The number of benzene rings is 16. The van der Waals surface area contributed by atoms with Crippen molar-refractivity contribution in [2.24, 2.45) is 5.92 Å². The Morgan fingerprint density at radius 1 is 0.304 bits per heavy atom. The number of hydrogen-bond donors (Lipinski definition) is 0. The molecule has 2 aromatic heterocycles. The maximum Gasteiger partial charge on any atom is 0.160 e. The first-order valence-corrected chi connectivity index (χ1v) is 39.6. The first-order chi connectivity index (χ1) is 54.8. The second-order valence-corrected chi connectivity index (χ2v) is 33.6. The maximum absolute atomic E-state index is 7.66. The third-order valence-corrected chi connectivity index (χ3v) is 25.8. The van der Waals surface area contributed by atoms with E-state index in [0.29, 0.717) is 0 Å². The van der Waals surface area contributed by atoms with Gasteiger partial charge in [-0.3, -0.25) is 0 Å². The van der Waals surface area contributed by atoms with Gasteiger partial charge in [-0.05, 0) is 216 Å². The molecule has 532 valence electrons. The van der Waals surface area contributed by atoms with Crippen molar-refractivity contribution in [3.05, 3.63) is 413 Å². The van der Waals surface area contributed by atoms with E-state index in [1.165, 1.54) is 127 Å². The van der Waals surface area contributed by atoms with Crippen molar-refractivity contribution in [1.82, 2.24) is 0 Å². The lowest BCUT2D eigenvalue weighted by atomic mass is 9.62. The number of nitrogens with zero attached hydrogens (tertiary/aromatic N) is 2. The van der Waals surface area contributed by atoms with Gasteiger partial charge in [-0.15, -0.1) is 0 Å². The van der Waals surface area contributed by atoms with E-state index in [9.17, 15) is 0 Å². The minimum Gasteiger partial charge on any atom is -0.454 e. The van der Waals surface area contributed by atoms with Crippen molar-refractivity contribution in [1.29, 1.82) is 0 Å². The molecule has 0 saturated heterocycles. The zero-order valence-electron chi connectivity index (χ0n) is 63.4. The number of hydrogen-bond acceptors (Lipinski definition) is 4. The SMILES string of the molecule is CC(C)(C)c1ccc(-c2ccc(N(c3ccccc3)c3cc4c(c5c3oc3ccccc35)C3=CC5C(C=C3C43c4ccccc4-c4ccccc43)c3c(cc(N(c4ccccc4)c4ccc(-c6ccc(C(C)(C)C)c7ccccc67)cc4)c4oc6ccccc6c34)C53c4ccccc4-c4ccccc43)cc2)c2ccccc12. The molecule has 5 aliphatic carbocycles. The number of fused-ring (bicyclic) bond motifs is 30. The number of allylic oxidation sites excluding steroid dienone is 4. The van der Waals surface area contributed by atoms with Gasteiger partial charge >= 0.3 is 0 Å². The predicted molar refractivity (Wildman–Crippen MR) is 466 cm³/mol. The molecular formula is C108H78N2O2. The topological polar surface area (TPSA) is 32.8 Å². The molecule has 0 N–H and O–H groups in total. The lowest BCUT2D eigenvalue weighted by Gasteiger charge is -2.39. The molecule has 0 amide bonds. The zero-order valence-corrected chi connectivity index (χ0v) is 63.4. The van der Waals surface area contributed by atoms with E-state index >= 15 is 0 Å². The molecule has 18 aromatic rings. The molecule has 23 rings (SSSR count). The summed E-state index contributed by atoms with van der Waals surface area (Å²) in [6.07, 6.45) is 5.59. The maximum atomic E-state index is 7.66. The summed E-state index contributed by atoms with van der Waals surface area (Å²) < 4.78 is 15.3. The van der Waals surface area contributed by atoms with Crippen LogP contribution in [0.4, 0.5) is 34.1 Å². The van der Waals surface area contributed by atoms with Crippen LogP contribution in [0.1, 0.15) is 103 Å². The molecule has 112 heavy (non-hydrogen) atoms. The van der Waals surface area contributed by atoms with Crippen LogP contribution in [-0.2, 0) is 21.7 Å². The van der Waals surface area contributed by atoms with Crippen molar-refractivity contribution < 1.29 is 8.83 Å².